The van der Waals surface area contributed by atoms with Gasteiger partial charge in [0.2, 0.25) is 0 Å². The number of hydrogen-bond acceptors (Lipinski definition) is 5. The second-order valence-corrected chi connectivity index (χ2v) is 4.23. The monoisotopic (exact) mass is 287 g/mol. The minimum Gasteiger partial charge on any atom is -0.486 e. The van der Waals surface area contributed by atoms with Gasteiger partial charge in [0.25, 0.3) is 5.91 Å². The Hall–Kier alpha value is -2.70. The first kappa shape index (κ1) is 14.7. The molecule has 2 aromatic rings. The van der Waals surface area contributed by atoms with Gasteiger partial charge in [0, 0.05) is 18.7 Å². The lowest BCUT2D eigenvalue weighted by Crippen LogP contribution is -2.23. The van der Waals surface area contributed by atoms with Gasteiger partial charge < -0.3 is 10.1 Å². The van der Waals surface area contributed by atoms with E-state index in [-0.39, 0.29) is 12.5 Å². The van der Waals surface area contributed by atoms with Crippen LogP contribution in [-0.4, -0.2) is 32.7 Å². The molecule has 0 saturated carbocycles. The summed E-state index contributed by atoms with van der Waals surface area (Å²) >= 11 is 0. The SMILES string of the molecule is C=CCNC(=O)c1cccc(OCc2nnnn2CC)c1. The number of nitrogens with one attached hydrogen (secondary N) is 1. The van der Waals surface area contributed by atoms with Crippen LogP contribution in [0, 0.1) is 0 Å². The van der Waals surface area contributed by atoms with Gasteiger partial charge in [-0.1, -0.05) is 12.1 Å². The topological polar surface area (TPSA) is 81.9 Å². The smallest absolute Gasteiger partial charge is 0.251 e. The van der Waals surface area contributed by atoms with Crippen LogP contribution in [0.1, 0.15) is 23.1 Å². The highest BCUT2D eigenvalue weighted by molar-refractivity contribution is 5.94. The third kappa shape index (κ3) is 3.88. The van der Waals surface area contributed by atoms with Crippen LogP contribution in [0.5, 0.6) is 5.75 Å². The van der Waals surface area contributed by atoms with Gasteiger partial charge >= 0.3 is 0 Å². The third-order valence-electron chi connectivity index (χ3n) is 2.78. The summed E-state index contributed by atoms with van der Waals surface area (Å²) in [5, 5.41) is 14.0. The molecule has 0 saturated heterocycles. The van der Waals surface area contributed by atoms with Crippen molar-refractivity contribution in [2.45, 2.75) is 20.1 Å². The van der Waals surface area contributed by atoms with Crippen molar-refractivity contribution >= 4 is 5.91 Å². The highest BCUT2D eigenvalue weighted by atomic mass is 16.5. The number of tetrazole rings is 1. The van der Waals surface area contributed by atoms with Gasteiger partial charge in [-0.15, -0.1) is 11.7 Å². The summed E-state index contributed by atoms with van der Waals surface area (Å²) in [6, 6.07) is 6.95. The molecule has 0 aliphatic heterocycles. The van der Waals surface area contributed by atoms with E-state index in [0.29, 0.717) is 30.2 Å². The van der Waals surface area contributed by atoms with Gasteiger partial charge in [-0.05, 0) is 35.5 Å². The zero-order valence-corrected chi connectivity index (χ0v) is 11.8. The highest BCUT2D eigenvalue weighted by Crippen LogP contribution is 2.14. The maximum atomic E-state index is 11.8. The number of ether oxygens (including phenoxy) is 1. The van der Waals surface area contributed by atoms with E-state index in [4.69, 9.17) is 4.74 Å². The predicted octanol–water partition coefficient (Wildman–Crippen LogP) is 1.19. The lowest BCUT2D eigenvalue weighted by molar-refractivity contribution is 0.0957. The summed E-state index contributed by atoms with van der Waals surface area (Å²) in [6.45, 7) is 6.86. The number of aromatic nitrogens is 4. The van der Waals surface area contributed by atoms with E-state index in [9.17, 15) is 4.79 Å². The molecule has 0 unspecified atom stereocenters. The van der Waals surface area contributed by atoms with E-state index < -0.39 is 0 Å². The van der Waals surface area contributed by atoms with E-state index in [0.717, 1.165) is 0 Å². The van der Waals surface area contributed by atoms with E-state index >= 15 is 0 Å². The number of amides is 1. The summed E-state index contributed by atoms with van der Waals surface area (Å²) in [5.74, 6) is 1.06. The minimum atomic E-state index is -0.168. The summed E-state index contributed by atoms with van der Waals surface area (Å²) in [5.41, 5.74) is 0.532. The van der Waals surface area contributed by atoms with Gasteiger partial charge in [-0.3, -0.25) is 4.79 Å². The molecule has 0 bridgehead atoms. The lowest BCUT2D eigenvalue weighted by atomic mass is 10.2. The fourth-order valence-corrected chi connectivity index (χ4v) is 1.71. The molecular formula is C14H17N5O2. The fraction of sp³-hybridized carbons (Fsp3) is 0.286. The molecule has 0 spiro atoms. The molecule has 0 fully saturated rings. The summed E-state index contributed by atoms with van der Waals surface area (Å²) in [4.78, 5) is 11.8. The molecule has 7 heteroatoms. The van der Waals surface area contributed by atoms with Crippen molar-refractivity contribution in [1.29, 1.82) is 0 Å². The van der Waals surface area contributed by atoms with Crippen LogP contribution < -0.4 is 10.1 Å². The zero-order valence-electron chi connectivity index (χ0n) is 11.8. The van der Waals surface area contributed by atoms with E-state index in [2.05, 4.69) is 27.4 Å². The van der Waals surface area contributed by atoms with E-state index in [1.54, 1.807) is 35.0 Å². The first-order valence-corrected chi connectivity index (χ1v) is 6.61. The molecule has 1 N–H and O–H groups in total. The first-order chi connectivity index (χ1) is 10.2. The van der Waals surface area contributed by atoms with E-state index in [1.807, 2.05) is 6.92 Å². The molecule has 1 aromatic carbocycles. The summed E-state index contributed by atoms with van der Waals surface area (Å²) < 4.78 is 7.28. The maximum Gasteiger partial charge on any atom is 0.251 e. The third-order valence-corrected chi connectivity index (χ3v) is 2.78. The number of benzene rings is 1. The number of rotatable bonds is 7. The minimum absolute atomic E-state index is 0.168. The van der Waals surface area contributed by atoms with Gasteiger partial charge in [0.1, 0.15) is 12.4 Å². The molecule has 7 nitrogen and oxygen atoms in total. The highest BCUT2D eigenvalue weighted by Gasteiger charge is 2.08. The van der Waals surface area contributed by atoms with Crippen LogP contribution >= 0.6 is 0 Å². The number of aryl methyl sites for hydroxylation is 1. The van der Waals surface area contributed by atoms with Gasteiger partial charge in [-0.25, -0.2) is 4.68 Å². The lowest BCUT2D eigenvalue weighted by Gasteiger charge is -2.07. The van der Waals surface area contributed by atoms with Gasteiger partial charge in [0.05, 0.1) is 0 Å². The second-order valence-electron chi connectivity index (χ2n) is 4.23. The maximum absolute atomic E-state index is 11.8. The van der Waals surface area contributed by atoms with Gasteiger partial charge in [0.15, 0.2) is 5.82 Å². The normalized spacial score (nSPS) is 10.1. The molecule has 0 radical (unpaired) electrons. The predicted molar refractivity (Wildman–Crippen MR) is 76.8 cm³/mol. The summed E-state index contributed by atoms with van der Waals surface area (Å²) in [6.07, 6.45) is 1.63. The van der Waals surface area contributed by atoms with Crippen molar-refractivity contribution in [3.8, 4) is 5.75 Å². The first-order valence-electron chi connectivity index (χ1n) is 6.61. The molecule has 0 atom stereocenters. The Morgan fingerprint density at radius 3 is 3.14 bits per heavy atom. The van der Waals surface area contributed by atoms with Gasteiger partial charge in [-0.2, -0.15) is 0 Å². The molecule has 1 aromatic heterocycles. The Balaban J connectivity index is 2.01. The molecule has 2 rings (SSSR count). The molecule has 110 valence electrons. The quantitative estimate of drug-likeness (QED) is 0.773. The van der Waals surface area contributed by atoms with Crippen LogP contribution in [0.3, 0.4) is 0 Å². The van der Waals surface area contributed by atoms with Crippen LogP contribution in [-0.2, 0) is 13.2 Å². The average Bonchev–Trinajstić information content (AvgIpc) is 2.98. The van der Waals surface area contributed by atoms with Crippen molar-refractivity contribution in [3.05, 3.63) is 48.3 Å². The molecule has 1 heterocycles. The van der Waals surface area contributed by atoms with Crippen molar-refractivity contribution < 1.29 is 9.53 Å². The Morgan fingerprint density at radius 2 is 2.38 bits per heavy atom. The Kier molecular flexibility index (Phi) is 5.03. The molecular weight excluding hydrogens is 270 g/mol. The van der Waals surface area contributed by atoms with Crippen molar-refractivity contribution in [2.24, 2.45) is 0 Å². The van der Waals surface area contributed by atoms with Crippen molar-refractivity contribution in [1.82, 2.24) is 25.5 Å². The van der Waals surface area contributed by atoms with Crippen LogP contribution in [0.2, 0.25) is 0 Å². The fourth-order valence-electron chi connectivity index (χ4n) is 1.71. The molecule has 1 amide bonds. The van der Waals surface area contributed by atoms with Crippen molar-refractivity contribution in [3.63, 3.8) is 0 Å². The number of hydrogen-bond donors (Lipinski definition) is 1. The van der Waals surface area contributed by atoms with Crippen LogP contribution in [0.15, 0.2) is 36.9 Å². The molecule has 0 aliphatic rings. The molecule has 0 aliphatic carbocycles. The second kappa shape index (κ2) is 7.18. The number of nitrogens with zero attached hydrogens (tertiary/aromatic N) is 4. The van der Waals surface area contributed by atoms with Crippen LogP contribution in [0.25, 0.3) is 0 Å². The Morgan fingerprint density at radius 1 is 1.52 bits per heavy atom. The average molecular weight is 287 g/mol. The largest absolute Gasteiger partial charge is 0.486 e. The van der Waals surface area contributed by atoms with E-state index in [1.165, 1.54) is 0 Å². The standard InChI is InChI=1S/C14H17N5O2/c1-3-8-15-14(20)11-6-5-7-12(9-11)21-10-13-16-17-18-19(13)4-2/h3,5-7,9H,1,4,8,10H2,2H3,(H,15,20). The Bertz CT molecular complexity index is 623. The van der Waals surface area contributed by atoms with Crippen molar-refractivity contribution in [2.75, 3.05) is 6.54 Å². The summed E-state index contributed by atoms with van der Waals surface area (Å²) in [7, 11) is 0. The zero-order chi connectivity index (χ0) is 15.1. The Labute approximate surface area is 122 Å². The number of carbonyl (C=O) groups is 1. The van der Waals surface area contributed by atoms with Crippen LogP contribution in [0.4, 0.5) is 0 Å². The number of carbonyl (C=O) groups excluding carboxylic acids is 1. The molecule has 21 heavy (non-hydrogen) atoms.